The van der Waals surface area contributed by atoms with Gasteiger partial charge in [-0.05, 0) is 18.6 Å². The maximum absolute atomic E-state index is 11.9. The molecule has 1 aromatic rings. The smallest absolute Gasteiger partial charge is 0.322 e. The second-order valence-electron chi connectivity index (χ2n) is 4.96. The number of nitrogens with one attached hydrogen (secondary N) is 2. The van der Waals surface area contributed by atoms with Crippen LogP contribution in [-0.2, 0) is 4.79 Å². The van der Waals surface area contributed by atoms with E-state index >= 15 is 0 Å². The molecule has 6 heteroatoms. The Hall–Kier alpha value is -2.24. The number of carbonyl (C=O) groups excluding carboxylic acids is 2. The molecule has 0 saturated heterocycles. The molecule has 1 atom stereocenters. The van der Waals surface area contributed by atoms with Crippen LogP contribution in [0.15, 0.2) is 24.3 Å². The van der Waals surface area contributed by atoms with Gasteiger partial charge < -0.3 is 16.4 Å². The average molecular weight is 276 g/mol. The lowest BCUT2D eigenvalue weighted by molar-refractivity contribution is -0.120. The van der Waals surface area contributed by atoms with Crippen LogP contribution in [0.25, 0.3) is 0 Å². The Bertz CT molecular complexity index is 532. The summed E-state index contributed by atoms with van der Waals surface area (Å²) in [4.78, 5) is 24.9. The second kappa shape index (κ2) is 5.40. The molecule has 1 aliphatic heterocycles. The summed E-state index contributed by atoms with van der Waals surface area (Å²) in [5, 5.41) is 6.08. The molecule has 6 nitrogen and oxygen atoms in total. The minimum absolute atomic E-state index is 0.215. The molecule has 0 bridgehead atoms. The van der Waals surface area contributed by atoms with Crippen molar-refractivity contribution in [2.45, 2.75) is 38.9 Å². The van der Waals surface area contributed by atoms with Crippen LogP contribution in [0, 0.1) is 0 Å². The van der Waals surface area contributed by atoms with Crippen molar-refractivity contribution in [1.29, 1.82) is 0 Å². The number of primary amides is 1. The topological polar surface area (TPSA) is 87.5 Å². The molecule has 0 aliphatic carbocycles. The van der Waals surface area contributed by atoms with Crippen molar-refractivity contribution in [3.63, 3.8) is 0 Å². The maximum Gasteiger partial charge on any atom is 0.322 e. The van der Waals surface area contributed by atoms with Crippen LogP contribution >= 0.6 is 0 Å². The van der Waals surface area contributed by atoms with Crippen LogP contribution < -0.4 is 21.3 Å². The highest BCUT2D eigenvalue weighted by molar-refractivity contribution is 6.00. The molecule has 4 N–H and O–H groups in total. The molecular formula is C14H20N4O2. The normalized spacial score (nSPS) is 20.2. The van der Waals surface area contributed by atoms with Crippen LogP contribution in [0.4, 0.5) is 16.2 Å². The number of anilines is 2. The lowest BCUT2D eigenvalue weighted by Gasteiger charge is -2.38. The van der Waals surface area contributed by atoms with Gasteiger partial charge in [-0.25, -0.2) is 4.79 Å². The number of hydrogen-bond acceptors (Lipinski definition) is 3. The summed E-state index contributed by atoms with van der Waals surface area (Å²) in [5.74, 6) is -1.19. The summed E-state index contributed by atoms with van der Waals surface area (Å²) in [7, 11) is 0. The van der Waals surface area contributed by atoms with E-state index in [1.807, 2.05) is 24.3 Å². The minimum atomic E-state index is -0.975. The zero-order valence-electron chi connectivity index (χ0n) is 11.8. The lowest BCUT2D eigenvalue weighted by atomic mass is 10.1. The van der Waals surface area contributed by atoms with Gasteiger partial charge in [-0.1, -0.05) is 25.5 Å². The first-order chi connectivity index (χ1) is 9.50. The largest absolute Gasteiger partial charge is 0.351 e. The number of fused-ring (bicyclic) bond motifs is 1. The molecular weight excluding hydrogens is 256 g/mol. The molecule has 3 amide bonds. The number of para-hydroxylation sites is 2. The lowest BCUT2D eigenvalue weighted by Crippen LogP contribution is -2.65. The molecule has 20 heavy (non-hydrogen) atoms. The Morgan fingerprint density at radius 1 is 1.40 bits per heavy atom. The number of benzene rings is 1. The molecule has 1 unspecified atom stereocenters. The van der Waals surface area contributed by atoms with Crippen molar-refractivity contribution < 1.29 is 9.59 Å². The number of carbonyl (C=O) groups is 2. The van der Waals surface area contributed by atoms with E-state index in [9.17, 15) is 9.59 Å². The van der Waals surface area contributed by atoms with Crippen molar-refractivity contribution in [2.75, 3.05) is 10.2 Å². The van der Waals surface area contributed by atoms with E-state index in [1.54, 1.807) is 0 Å². The van der Waals surface area contributed by atoms with E-state index in [2.05, 4.69) is 17.6 Å². The van der Waals surface area contributed by atoms with Crippen molar-refractivity contribution in [1.82, 2.24) is 5.32 Å². The molecule has 2 rings (SSSR count). The van der Waals surface area contributed by atoms with E-state index in [0.29, 0.717) is 12.1 Å². The molecule has 108 valence electrons. The predicted octanol–water partition coefficient (Wildman–Crippen LogP) is 1.98. The number of urea groups is 1. The molecule has 0 radical (unpaired) electrons. The van der Waals surface area contributed by atoms with Gasteiger partial charge in [0, 0.05) is 13.3 Å². The Morgan fingerprint density at radius 2 is 2.10 bits per heavy atom. The molecule has 0 aromatic heterocycles. The third kappa shape index (κ3) is 2.41. The number of nitrogens with two attached hydrogens (primary N) is 1. The van der Waals surface area contributed by atoms with Gasteiger partial charge in [0.15, 0.2) is 5.79 Å². The average Bonchev–Trinajstić information content (AvgIpc) is 2.69. The summed E-state index contributed by atoms with van der Waals surface area (Å²) in [5.41, 5.74) is 7.00. The van der Waals surface area contributed by atoms with E-state index in [-0.39, 0.29) is 5.91 Å². The van der Waals surface area contributed by atoms with E-state index < -0.39 is 11.8 Å². The SMILES string of the molecule is CCCCC1(NC(C)=O)Nc2ccccc2N1C(N)=O. The van der Waals surface area contributed by atoms with Crippen LogP contribution in [0.2, 0.25) is 0 Å². The number of amides is 3. The van der Waals surface area contributed by atoms with E-state index in [1.165, 1.54) is 11.8 Å². The third-order valence-electron chi connectivity index (χ3n) is 3.36. The van der Waals surface area contributed by atoms with Gasteiger partial charge in [0.2, 0.25) is 5.91 Å². The number of rotatable bonds is 4. The van der Waals surface area contributed by atoms with Crippen LogP contribution in [0.5, 0.6) is 0 Å². The highest BCUT2D eigenvalue weighted by Crippen LogP contribution is 2.40. The van der Waals surface area contributed by atoms with E-state index in [4.69, 9.17) is 5.73 Å². The van der Waals surface area contributed by atoms with Gasteiger partial charge in [0.25, 0.3) is 0 Å². The van der Waals surface area contributed by atoms with Crippen molar-refractivity contribution >= 4 is 23.3 Å². The fourth-order valence-electron chi connectivity index (χ4n) is 2.61. The fraction of sp³-hybridized carbons (Fsp3) is 0.429. The zero-order chi connectivity index (χ0) is 14.8. The number of nitrogens with zero attached hydrogens (tertiary/aromatic N) is 1. The Balaban J connectivity index is 2.45. The molecule has 1 heterocycles. The van der Waals surface area contributed by atoms with Crippen molar-refractivity contribution in [2.24, 2.45) is 5.73 Å². The zero-order valence-corrected chi connectivity index (χ0v) is 11.8. The molecule has 0 fully saturated rings. The first-order valence-corrected chi connectivity index (χ1v) is 6.76. The molecule has 0 saturated carbocycles. The predicted molar refractivity (Wildman–Crippen MR) is 78.2 cm³/mol. The number of hydrogen-bond donors (Lipinski definition) is 3. The molecule has 1 aliphatic rings. The van der Waals surface area contributed by atoms with Gasteiger partial charge in [0.05, 0.1) is 11.4 Å². The highest BCUT2D eigenvalue weighted by Gasteiger charge is 2.46. The molecule has 1 aromatic carbocycles. The summed E-state index contributed by atoms with van der Waals surface area (Å²) in [6.45, 7) is 3.48. The Labute approximate surface area is 118 Å². The fourth-order valence-corrected chi connectivity index (χ4v) is 2.61. The maximum atomic E-state index is 11.9. The van der Waals surface area contributed by atoms with Crippen LogP contribution in [0.3, 0.4) is 0 Å². The van der Waals surface area contributed by atoms with Gasteiger partial charge in [-0.15, -0.1) is 0 Å². The van der Waals surface area contributed by atoms with Crippen molar-refractivity contribution in [3.05, 3.63) is 24.3 Å². The first kappa shape index (κ1) is 14.2. The standard InChI is InChI=1S/C14H20N4O2/c1-3-4-9-14(16-10(2)19)17-11-7-5-6-8-12(11)18(14)13(15)20/h5-8,17H,3-4,9H2,1-2H3,(H2,15,20)(H,16,19). The van der Waals surface area contributed by atoms with Crippen LogP contribution in [0.1, 0.15) is 33.1 Å². The minimum Gasteiger partial charge on any atom is -0.351 e. The van der Waals surface area contributed by atoms with Crippen LogP contribution in [-0.4, -0.2) is 17.7 Å². The highest BCUT2D eigenvalue weighted by atomic mass is 16.2. The summed E-state index contributed by atoms with van der Waals surface area (Å²) in [6, 6.07) is 6.78. The number of unbranched alkanes of at least 4 members (excludes halogenated alkanes) is 1. The Kier molecular flexibility index (Phi) is 3.83. The quantitative estimate of drug-likeness (QED) is 0.785. The third-order valence-corrected chi connectivity index (χ3v) is 3.36. The second-order valence-corrected chi connectivity index (χ2v) is 4.96. The van der Waals surface area contributed by atoms with Crippen molar-refractivity contribution in [3.8, 4) is 0 Å². The van der Waals surface area contributed by atoms with Gasteiger partial charge >= 0.3 is 6.03 Å². The van der Waals surface area contributed by atoms with Gasteiger partial charge in [-0.3, -0.25) is 9.69 Å². The summed E-state index contributed by atoms with van der Waals surface area (Å²) in [6.07, 6.45) is 2.39. The first-order valence-electron chi connectivity index (χ1n) is 6.76. The van der Waals surface area contributed by atoms with E-state index in [0.717, 1.165) is 18.5 Å². The monoisotopic (exact) mass is 276 g/mol. The molecule has 0 spiro atoms. The van der Waals surface area contributed by atoms with Gasteiger partial charge in [0.1, 0.15) is 0 Å². The summed E-state index contributed by atoms with van der Waals surface area (Å²) < 4.78 is 0. The van der Waals surface area contributed by atoms with Gasteiger partial charge in [-0.2, -0.15) is 0 Å². The Morgan fingerprint density at radius 3 is 2.70 bits per heavy atom. The summed E-state index contributed by atoms with van der Waals surface area (Å²) >= 11 is 0.